The molecule has 9 heteroatoms. The van der Waals surface area contributed by atoms with Gasteiger partial charge in [-0.05, 0) is 13.0 Å². The van der Waals surface area contributed by atoms with Crippen LogP contribution in [0, 0.1) is 0 Å². The molecule has 0 bridgehead atoms. The zero-order valence-electron chi connectivity index (χ0n) is 10.3. The fraction of sp³-hybridized carbons (Fsp3) is 1.00. The maximum absolute atomic E-state index is 11.3. The van der Waals surface area contributed by atoms with Crippen molar-refractivity contribution in [3.05, 3.63) is 0 Å². The predicted molar refractivity (Wildman–Crippen MR) is 65.5 cm³/mol. The van der Waals surface area contributed by atoms with Crippen molar-refractivity contribution in [1.29, 1.82) is 0 Å². The van der Waals surface area contributed by atoms with E-state index in [0.29, 0.717) is 19.6 Å². The number of aliphatic hydroxyl groups excluding tert-OH is 1. The second-order valence-corrected chi connectivity index (χ2v) is 5.99. The molecule has 0 amide bonds. The first-order valence-electron chi connectivity index (χ1n) is 5.71. The highest BCUT2D eigenvalue weighted by Gasteiger charge is 2.45. The third-order valence-electron chi connectivity index (χ3n) is 2.50. The molecule has 4 N–H and O–H groups in total. The molecule has 1 aliphatic heterocycles. The zero-order chi connectivity index (χ0) is 13.8. The van der Waals surface area contributed by atoms with Gasteiger partial charge >= 0.3 is 7.60 Å². The molecule has 1 heterocycles. The first-order chi connectivity index (χ1) is 8.39. The summed E-state index contributed by atoms with van der Waals surface area (Å²) in [6.07, 6.45) is -1.72. The Bertz CT molecular complexity index is 301. The topological polar surface area (TPSA) is 111 Å². The quantitative estimate of drug-likeness (QED) is 0.305. The van der Waals surface area contributed by atoms with Gasteiger partial charge in [0.15, 0.2) is 0 Å². The third-order valence-corrected chi connectivity index (χ3v) is 3.14. The summed E-state index contributed by atoms with van der Waals surface area (Å²) in [5.41, 5.74) is 5.34. The van der Waals surface area contributed by atoms with Crippen LogP contribution in [0.25, 0.3) is 0 Å². The normalized spacial score (nSPS) is 35.6. The number of nitrogens with two attached hydrogens (primary N) is 1. The zero-order valence-corrected chi connectivity index (χ0v) is 11.2. The molecule has 3 unspecified atom stereocenters. The average molecular weight is 279 g/mol. The lowest BCUT2D eigenvalue weighted by molar-refractivity contribution is -0.0193. The fourth-order valence-electron chi connectivity index (χ4n) is 1.75. The van der Waals surface area contributed by atoms with E-state index >= 15 is 0 Å². The van der Waals surface area contributed by atoms with Crippen molar-refractivity contribution >= 4 is 15.4 Å². The molecule has 1 fully saturated rings. The number of ether oxygens (including phenoxy) is 2. The van der Waals surface area contributed by atoms with Crippen LogP contribution in [0.4, 0.5) is 0 Å². The summed E-state index contributed by atoms with van der Waals surface area (Å²) < 4.78 is 27.0. The van der Waals surface area contributed by atoms with Gasteiger partial charge in [0, 0.05) is 19.3 Å². The molecule has 1 rings (SSSR count). The molecular formula is C9H19BNO6P. The molecule has 18 heavy (non-hydrogen) atoms. The Labute approximate surface area is 108 Å². The molecule has 7 nitrogen and oxygen atoms in total. The van der Waals surface area contributed by atoms with Gasteiger partial charge in [0.2, 0.25) is 0 Å². The predicted octanol–water partition coefficient (Wildman–Crippen LogP) is -1.19. The largest absolute Gasteiger partial charge is 0.394 e. The van der Waals surface area contributed by atoms with Gasteiger partial charge in [-0.15, -0.1) is 0 Å². The van der Waals surface area contributed by atoms with Crippen LogP contribution in [-0.2, 0) is 18.6 Å². The van der Waals surface area contributed by atoms with E-state index in [1.54, 1.807) is 0 Å². The summed E-state index contributed by atoms with van der Waals surface area (Å²) in [4.78, 5) is 9.25. The SMILES string of the molecule is [B][C@@H]1O[C@H](CO)C(OP(C)(=O)O)C1OCCCN. The Morgan fingerprint density at radius 1 is 1.50 bits per heavy atom. The number of hydrogen-bond acceptors (Lipinski definition) is 6. The Morgan fingerprint density at radius 2 is 2.17 bits per heavy atom. The van der Waals surface area contributed by atoms with Crippen LogP contribution in [0.15, 0.2) is 0 Å². The summed E-state index contributed by atoms with van der Waals surface area (Å²) >= 11 is 0. The Hall–Kier alpha value is 0.0549. The second-order valence-electron chi connectivity index (χ2n) is 4.17. The van der Waals surface area contributed by atoms with Crippen molar-refractivity contribution in [2.75, 3.05) is 26.4 Å². The van der Waals surface area contributed by atoms with Crippen LogP contribution < -0.4 is 5.73 Å². The van der Waals surface area contributed by atoms with Gasteiger partial charge in [0.25, 0.3) is 0 Å². The van der Waals surface area contributed by atoms with Gasteiger partial charge < -0.3 is 25.2 Å². The molecule has 5 atom stereocenters. The van der Waals surface area contributed by atoms with E-state index in [-0.39, 0.29) is 6.61 Å². The number of rotatable bonds is 7. The van der Waals surface area contributed by atoms with Crippen molar-refractivity contribution in [3.63, 3.8) is 0 Å². The van der Waals surface area contributed by atoms with Crippen LogP contribution in [0.3, 0.4) is 0 Å². The van der Waals surface area contributed by atoms with Crippen molar-refractivity contribution in [2.45, 2.75) is 30.7 Å². The Kier molecular flexibility index (Phi) is 6.27. The molecule has 2 radical (unpaired) electrons. The second kappa shape index (κ2) is 7.00. The number of aliphatic hydroxyl groups is 1. The van der Waals surface area contributed by atoms with Crippen LogP contribution in [0.2, 0.25) is 0 Å². The smallest absolute Gasteiger partial charge is 0.325 e. The van der Waals surface area contributed by atoms with Gasteiger partial charge in [-0.25, -0.2) is 0 Å². The summed E-state index contributed by atoms with van der Waals surface area (Å²) in [5.74, 6) is 0. The molecule has 0 spiro atoms. The summed E-state index contributed by atoms with van der Waals surface area (Å²) in [6, 6.07) is -0.809. The summed E-state index contributed by atoms with van der Waals surface area (Å²) in [5, 5.41) is 9.13. The highest BCUT2D eigenvalue weighted by Crippen LogP contribution is 2.42. The standard InChI is InChI=1S/C9H19BNO6P/c1-18(13,14)17-7-6(5-12)16-9(10)8(7)15-4-2-3-11/h6-9,12H,2-5,11H2,1H3,(H,13,14)/t6-,7?,8?,9-/m1/s1. The maximum atomic E-state index is 11.3. The fourth-order valence-corrected chi connectivity index (χ4v) is 2.46. The van der Waals surface area contributed by atoms with Gasteiger partial charge in [-0.1, -0.05) is 0 Å². The molecule has 1 saturated heterocycles. The minimum absolute atomic E-state index is 0.343. The van der Waals surface area contributed by atoms with Crippen LogP contribution in [0.1, 0.15) is 6.42 Å². The van der Waals surface area contributed by atoms with E-state index < -0.39 is 31.9 Å². The minimum Gasteiger partial charge on any atom is -0.394 e. The first-order valence-corrected chi connectivity index (χ1v) is 7.73. The minimum atomic E-state index is -3.72. The van der Waals surface area contributed by atoms with E-state index in [1.165, 1.54) is 0 Å². The molecular weight excluding hydrogens is 260 g/mol. The molecule has 0 aromatic heterocycles. The Balaban J connectivity index is 2.67. The molecule has 0 aliphatic carbocycles. The summed E-state index contributed by atoms with van der Waals surface area (Å²) in [6.45, 7) is 1.50. The average Bonchev–Trinajstić information content (AvgIpc) is 2.54. The lowest BCUT2D eigenvalue weighted by Crippen LogP contribution is -2.38. The van der Waals surface area contributed by atoms with Crippen molar-refractivity contribution in [1.82, 2.24) is 0 Å². The van der Waals surface area contributed by atoms with Crippen molar-refractivity contribution in [2.24, 2.45) is 5.73 Å². The van der Waals surface area contributed by atoms with Gasteiger partial charge in [0.1, 0.15) is 26.2 Å². The van der Waals surface area contributed by atoms with E-state index in [9.17, 15) is 9.46 Å². The van der Waals surface area contributed by atoms with Crippen molar-refractivity contribution < 1.29 is 28.6 Å². The van der Waals surface area contributed by atoms with Crippen molar-refractivity contribution in [3.8, 4) is 0 Å². The molecule has 0 aromatic carbocycles. The molecule has 1 aliphatic rings. The van der Waals surface area contributed by atoms with Gasteiger partial charge in [-0.2, -0.15) is 0 Å². The third kappa shape index (κ3) is 4.62. The summed E-state index contributed by atoms with van der Waals surface area (Å²) in [7, 11) is 1.98. The van der Waals surface area contributed by atoms with Crippen LogP contribution >= 0.6 is 7.60 Å². The van der Waals surface area contributed by atoms with E-state index in [1.807, 2.05) is 0 Å². The van der Waals surface area contributed by atoms with E-state index in [0.717, 1.165) is 6.66 Å². The van der Waals surface area contributed by atoms with Gasteiger partial charge in [0.05, 0.1) is 6.61 Å². The highest BCUT2D eigenvalue weighted by molar-refractivity contribution is 7.51. The first kappa shape index (κ1) is 16.1. The Morgan fingerprint density at radius 3 is 2.67 bits per heavy atom. The molecule has 104 valence electrons. The van der Waals surface area contributed by atoms with Crippen LogP contribution in [0.5, 0.6) is 0 Å². The van der Waals surface area contributed by atoms with Crippen LogP contribution in [-0.4, -0.2) is 68.6 Å². The number of hydrogen-bond donors (Lipinski definition) is 3. The lowest BCUT2D eigenvalue weighted by Gasteiger charge is -2.24. The van der Waals surface area contributed by atoms with E-state index in [2.05, 4.69) is 0 Å². The molecule has 0 aromatic rings. The monoisotopic (exact) mass is 279 g/mol. The van der Waals surface area contributed by atoms with E-state index in [4.69, 9.17) is 32.7 Å². The maximum Gasteiger partial charge on any atom is 0.325 e. The molecule has 0 saturated carbocycles. The highest BCUT2D eigenvalue weighted by atomic mass is 31.2. The lowest BCUT2D eigenvalue weighted by atomic mass is 9.93. The van der Waals surface area contributed by atoms with Gasteiger partial charge in [-0.3, -0.25) is 9.09 Å².